The largest absolute Gasteiger partial charge is 0.365 e. The molecule has 1 saturated carbocycles. The number of nitriles is 1. The fourth-order valence-electron chi connectivity index (χ4n) is 3.36. The Morgan fingerprint density at radius 2 is 1.95 bits per heavy atom. The first kappa shape index (κ1) is 12.5. The van der Waals surface area contributed by atoms with Crippen LogP contribution < -0.4 is 5.32 Å². The van der Waals surface area contributed by atoms with Gasteiger partial charge in [-0.2, -0.15) is 5.26 Å². The Balaban J connectivity index is 1.93. The summed E-state index contributed by atoms with van der Waals surface area (Å²) < 4.78 is 0. The number of aryl methyl sites for hydroxylation is 2. The van der Waals surface area contributed by atoms with Gasteiger partial charge in [0.1, 0.15) is 11.9 Å². The molecule has 3 heteroatoms. The van der Waals surface area contributed by atoms with Crippen LogP contribution in [0.2, 0.25) is 0 Å². The van der Waals surface area contributed by atoms with Crippen LogP contribution in [0.15, 0.2) is 6.07 Å². The molecule has 3 nitrogen and oxygen atoms in total. The van der Waals surface area contributed by atoms with Crippen LogP contribution in [-0.4, -0.2) is 11.0 Å². The second kappa shape index (κ2) is 3.72. The van der Waals surface area contributed by atoms with Crippen molar-refractivity contribution in [2.45, 2.75) is 53.0 Å². The molecule has 1 aromatic heterocycles. The zero-order chi connectivity index (χ0) is 13.8. The van der Waals surface area contributed by atoms with Crippen molar-refractivity contribution in [2.24, 2.45) is 10.8 Å². The highest BCUT2D eigenvalue weighted by atomic mass is 15.1. The Kier molecular flexibility index (Phi) is 2.44. The van der Waals surface area contributed by atoms with Crippen molar-refractivity contribution >= 4 is 5.82 Å². The SMILES string of the molecule is CC1(C)C(Nc2nc3c(cc2C#N)CCC3)C1(C)C. The summed E-state index contributed by atoms with van der Waals surface area (Å²) >= 11 is 0. The number of nitrogens with one attached hydrogen (secondary N) is 1. The van der Waals surface area contributed by atoms with Crippen molar-refractivity contribution in [1.82, 2.24) is 4.98 Å². The number of rotatable bonds is 2. The monoisotopic (exact) mass is 255 g/mol. The maximum absolute atomic E-state index is 9.31. The van der Waals surface area contributed by atoms with E-state index in [2.05, 4.69) is 39.1 Å². The van der Waals surface area contributed by atoms with E-state index in [-0.39, 0.29) is 10.8 Å². The van der Waals surface area contributed by atoms with E-state index in [0.717, 1.165) is 25.1 Å². The molecule has 1 heterocycles. The molecule has 0 amide bonds. The van der Waals surface area contributed by atoms with Gasteiger partial charge in [-0.15, -0.1) is 0 Å². The molecule has 1 aromatic rings. The molecule has 19 heavy (non-hydrogen) atoms. The highest BCUT2D eigenvalue weighted by Crippen LogP contribution is 2.63. The van der Waals surface area contributed by atoms with Crippen LogP contribution in [0.5, 0.6) is 0 Å². The number of anilines is 1. The lowest BCUT2D eigenvalue weighted by molar-refractivity contribution is 0.457. The molecule has 1 N–H and O–H groups in total. The van der Waals surface area contributed by atoms with E-state index < -0.39 is 0 Å². The molecule has 2 aliphatic carbocycles. The molecule has 1 fully saturated rings. The van der Waals surface area contributed by atoms with Gasteiger partial charge in [-0.3, -0.25) is 0 Å². The van der Waals surface area contributed by atoms with Crippen LogP contribution in [0, 0.1) is 22.2 Å². The number of fused-ring (bicyclic) bond motifs is 1. The average molecular weight is 255 g/mol. The van der Waals surface area contributed by atoms with Crippen molar-refractivity contribution in [1.29, 1.82) is 5.26 Å². The van der Waals surface area contributed by atoms with Gasteiger partial charge in [-0.1, -0.05) is 27.7 Å². The van der Waals surface area contributed by atoms with Crippen LogP contribution in [0.3, 0.4) is 0 Å². The fraction of sp³-hybridized carbons (Fsp3) is 0.625. The zero-order valence-electron chi connectivity index (χ0n) is 12.2. The number of nitrogens with zero attached hydrogens (tertiary/aromatic N) is 2. The third-order valence-corrected chi connectivity index (χ3v) is 5.47. The standard InChI is InChI=1S/C16H21N3/c1-15(2)14(16(15,3)4)19-13-11(9-17)8-10-6-5-7-12(10)18-13/h8,14H,5-7H2,1-4H3,(H,18,19). The minimum Gasteiger partial charge on any atom is -0.365 e. The maximum atomic E-state index is 9.31. The Labute approximate surface area is 115 Å². The summed E-state index contributed by atoms with van der Waals surface area (Å²) in [7, 11) is 0. The lowest BCUT2D eigenvalue weighted by atomic mass is 10.0. The first-order valence-electron chi connectivity index (χ1n) is 7.07. The molecule has 0 saturated heterocycles. The molecule has 0 aromatic carbocycles. The van der Waals surface area contributed by atoms with Crippen LogP contribution >= 0.6 is 0 Å². The number of aromatic nitrogens is 1. The van der Waals surface area contributed by atoms with E-state index in [0.29, 0.717) is 11.6 Å². The predicted molar refractivity (Wildman–Crippen MR) is 75.9 cm³/mol. The lowest BCUT2D eigenvalue weighted by Crippen LogP contribution is -2.13. The van der Waals surface area contributed by atoms with Crippen LogP contribution in [-0.2, 0) is 12.8 Å². The molecular weight excluding hydrogens is 234 g/mol. The smallest absolute Gasteiger partial charge is 0.144 e. The van der Waals surface area contributed by atoms with E-state index in [1.54, 1.807) is 0 Å². The van der Waals surface area contributed by atoms with Crippen LogP contribution in [0.25, 0.3) is 0 Å². The zero-order valence-corrected chi connectivity index (χ0v) is 12.2. The van der Waals surface area contributed by atoms with Crippen LogP contribution in [0.1, 0.15) is 50.9 Å². The van der Waals surface area contributed by atoms with Crippen molar-refractivity contribution in [2.75, 3.05) is 5.32 Å². The lowest BCUT2D eigenvalue weighted by Gasteiger charge is -2.11. The summed E-state index contributed by atoms with van der Waals surface area (Å²) in [6.07, 6.45) is 3.28. The molecule has 3 rings (SSSR count). The van der Waals surface area contributed by atoms with Gasteiger partial charge in [-0.05, 0) is 41.7 Å². The molecular formula is C16H21N3. The Morgan fingerprint density at radius 3 is 2.53 bits per heavy atom. The molecule has 0 radical (unpaired) electrons. The van der Waals surface area contributed by atoms with Crippen molar-refractivity contribution in [3.05, 3.63) is 22.9 Å². The topological polar surface area (TPSA) is 48.7 Å². The minimum atomic E-state index is 0.250. The summed E-state index contributed by atoms with van der Waals surface area (Å²) in [6, 6.07) is 4.70. The third-order valence-electron chi connectivity index (χ3n) is 5.47. The van der Waals surface area contributed by atoms with E-state index in [1.165, 1.54) is 11.3 Å². The molecule has 2 aliphatic rings. The van der Waals surface area contributed by atoms with Crippen molar-refractivity contribution in [3.8, 4) is 6.07 Å². The van der Waals surface area contributed by atoms with Gasteiger partial charge in [0.25, 0.3) is 0 Å². The maximum Gasteiger partial charge on any atom is 0.144 e. The Bertz CT molecular complexity index is 564. The van der Waals surface area contributed by atoms with E-state index in [1.807, 2.05) is 6.07 Å². The summed E-state index contributed by atoms with van der Waals surface area (Å²) in [5.74, 6) is 0.784. The summed E-state index contributed by atoms with van der Waals surface area (Å²) in [4.78, 5) is 4.70. The first-order chi connectivity index (χ1) is 8.88. The number of hydrogen-bond donors (Lipinski definition) is 1. The Morgan fingerprint density at radius 1 is 1.26 bits per heavy atom. The quantitative estimate of drug-likeness (QED) is 0.882. The normalized spacial score (nSPS) is 22.7. The van der Waals surface area contributed by atoms with Gasteiger partial charge in [0, 0.05) is 11.7 Å². The van der Waals surface area contributed by atoms with Gasteiger partial charge in [0.15, 0.2) is 0 Å². The summed E-state index contributed by atoms with van der Waals surface area (Å²) in [5.41, 5.74) is 3.63. The summed E-state index contributed by atoms with van der Waals surface area (Å²) in [5, 5.41) is 12.8. The minimum absolute atomic E-state index is 0.250. The fourth-order valence-corrected chi connectivity index (χ4v) is 3.36. The highest BCUT2D eigenvalue weighted by Gasteiger charge is 2.65. The van der Waals surface area contributed by atoms with E-state index in [4.69, 9.17) is 4.98 Å². The van der Waals surface area contributed by atoms with Gasteiger partial charge < -0.3 is 5.32 Å². The predicted octanol–water partition coefficient (Wildman–Crippen LogP) is 3.29. The van der Waals surface area contributed by atoms with Gasteiger partial charge in [-0.25, -0.2) is 4.98 Å². The number of pyridine rings is 1. The second-order valence-corrected chi connectivity index (χ2v) is 6.98. The van der Waals surface area contributed by atoms with E-state index in [9.17, 15) is 5.26 Å². The molecule has 0 bridgehead atoms. The van der Waals surface area contributed by atoms with Crippen molar-refractivity contribution in [3.63, 3.8) is 0 Å². The molecule has 0 spiro atoms. The van der Waals surface area contributed by atoms with Gasteiger partial charge in [0.2, 0.25) is 0 Å². The van der Waals surface area contributed by atoms with E-state index >= 15 is 0 Å². The average Bonchev–Trinajstić information content (AvgIpc) is 2.74. The second-order valence-electron chi connectivity index (χ2n) is 6.98. The highest BCUT2D eigenvalue weighted by molar-refractivity contribution is 5.57. The van der Waals surface area contributed by atoms with Crippen molar-refractivity contribution < 1.29 is 0 Å². The van der Waals surface area contributed by atoms with Gasteiger partial charge >= 0.3 is 0 Å². The van der Waals surface area contributed by atoms with Gasteiger partial charge in [0.05, 0.1) is 5.56 Å². The molecule has 0 atom stereocenters. The van der Waals surface area contributed by atoms with Crippen LogP contribution in [0.4, 0.5) is 5.82 Å². The number of hydrogen-bond acceptors (Lipinski definition) is 3. The third kappa shape index (κ3) is 1.66. The summed E-state index contributed by atoms with van der Waals surface area (Å²) in [6.45, 7) is 9.07. The molecule has 0 unspecified atom stereocenters. The molecule has 100 valence electrons. The first-order valence-corrected chi connectivity index (χ1v) is 7.07. The molecule has 0 aliphatic heterocycles. The Hall–Kier alpha value is -1.56.